The zero-order valence-corrected chi connectivity index (χ0v) is 17.3. The van der Waals surface area contributed by atoms with Gasteiger partial charge in [-0.15, -0.1) is 0 Å². The van der Waals surface area contributed by atoms with Gasteiger partial charge in [0, 0.05) is 24.5 Å². The Morgan fingerprint density at radius 1 is 1.10 bits per heavy atom. The van der Waals surface area contributed by atoms with E-state index in [0.29, 0.717) is 26.0 Å². The normalized spacial score (nSPS) is 17.5. The van der Waals surface area contributed by atoms with E-state index in [1.165, 1.54) is 0 Å². The van der Waals surface area contributed by atoms with Crippen molar-refractivity contribution in [2.24, 2.45) is 0 Å². The number of imide groups is 1. The molecule has 1 saturated heterocycles. The molecule has 162 valence electrons. The van der Waals surface area contributed by atoms with Gasteiger partial charge in [-0.3, -0.25) is 19.5 Å². The zero-order valence-electron chi connectivity index (χ0n) is 17.3. The molecule has 0 unspecified atom stereocenters. The molecule has 1 aromatic heterocycles. The van der Waals surface area contributed by atoms with Crippen molar-refractivity contribution in [1.82, 2.24) is 20.5 Å². The highest BCUT2D eigenvalue weighted by molar-refractivity contribution is 6.09. The summed E-state index contributed by atoms with van der Waals surface area (Å²) in [5, 5.41) is 5.59. The lowest BCUT2D eigenvalue weighted by Crippen LogP contribution is -2.49. The third-order valence-corrected chi connectivity index (χ3v) is 5.80. The maximum Gasteiger partial charge on any atom is 0.325 e. The highest BCUT2D eigenvalue weighted by atomic mass is 16.5. The van der Waals surface area contributed by atoms with Crippen LogP contribution in [0.5, 0.6) is 5.75 Å². The summed E-state index contributed by atoms with van der Waals surface area (Å²) in [7, 11) is 0. The van der Waals surface area contributed by atoms with E-state index in [1.54, 1.807) is 12.4 Å². The molecule has 31 heavy (non-hydrogen) atoms. The van der Waals surface area contributed by atoms with E-state index >= 15 is 0 Å². The summed E-state index contributed by atoms with van der Waals surface area (Å²) in [6.07, 6.45) is 7.65. The number of carbonyl (C=O) groups is 3. The number of rotatable bonds is 7. The van der Waals surface area contributed by atoms with Gasteiger partial charge in [-0.25, -0.2) is 4.79 Å². The molecule has 1 aromatic carbocycles. The quantitative estimate of drug-likeness (QED) is 0.668. The van der Waals surface area contributed by atoms with Crippen LogP contribution >= 0.6 is 0 Å². The first-order chi connectivity index (χ1) is 15.1. The van der Waals surface area contributed by atoms with Gasteiger partial charge < -0.3 is 15.4 Å². The topological polar surface area (TPSA) is 101 Å². The van der Waals surface area contributed by atoms with Crippen molar-refractivity contribution in [3.63, 3.8) is 0 Å². The third-order valence-electron chi connectivity index (χ3n) is 5.80. The monoisotopic (exact) mass is 422 g/mol. The number of ether oxygens (including phenoxy) is 1. The van der Waals surface area contributed by atoms with E-state index in [1.807, 2.05) is 36.4 Å². The molecule has 4 rings (SSSR count). The Morgan fingerprint density at radius 2 is 1.87 bits per heavy atom. The Kier molecular flexibility index (Phi) is 6.16. The number of hydrogen-bond acceptors (Lipinski definition) is 5. The van der Waals surface area contributed by atoms with Gasteiger partial charge >= 0.3 is 6.03 Å². The number of urea groups is 1. The van der Waals surface area contributed by atoms with Crippen molar-refractivity contribution in [2.75, 3.05) is 6.54 Å². The Balaban J connectivity index is 1.25. The molecule has 0 radical (unpaired) electrons. The lowest BCUT2D eigenvalue weighted by Gasteiger charge is -2.30. The minimum Gasteiger partial charge on any atom is -0.489 e. The van der Waals surface area contributed by atoms with Gasteiger partial charge in [-0.1, -0.05) is 37.5 Å². The number of nitrogens with one attached hydrogen (secondary N) is 2. The van der Waals surface area contributed by atoms with Crippen LogP contribution in [-0.4, -0.2) is 39.8 Å². The Hall–Kier alpha value is -3.42. The molecule has 2 N–H and O–H groups in total. The van der Waals surface area contributed by atoms with Crippen LogP contribution in [0.1, 0.15) is 43.2 Å². The van der Waals surface area contributed by atoms with Crippen LogP contribution in [0.3, 0.4) is 0 Å². The van der Waals surface area contributed by atoms with Crippen LogP contribution in [0.15, 0.2) is 48.8 Å². The van der Waals surface area contributed by atoms with Gasteiger partial charge in [0.1, 0.15) is 24.4 Å². The van der Waals surface area contributed by atoms with Crippen LogP contribution in [0.2, 0.25) is 0 Å². The standard InChI is InChI=1S/C23H26N4O4/c28-20(15-27-21(29)23(26-22(27)30)10-2-1-3-11-23)25-14-17-6-8-19(9-7-17)31-16-18-5-4-12-24-13-18/h4-9,12-13H,1-3,10-11,14-16H2,(H,25,28)(H,26,30). The molecular formula is C23H26N4O4. The average Bonchev–Trinajstić information content (AvgIpc) is 3.02. The SMILES string of the molecule is O=C(CN1C(=O)NC2(CCCCC2)C1=O)NCc1ccc(OCc2cccnc2)cc1. The Bertz CT molecular complexity index is 940. The summed E-state index contributed by atoms with van der Waals surface area (Å²) >= 11 is 0. The van der Waals surface area contributed by atoms with Crippen molar-refractivity contribution in [3.8, 4) is 5.75 Å². The molecule has 1 spiro atoms. The summed E-state index contributed by atoms with van der Waals surface area (Å²) in [6.45, 7) is 0.465. The molecule has 1 aliphatic carbocycles. The van der Waals surface area contributed by atoms with E-state index in [2.05, 4.69) is 15.6 Å². The van der Waals surface area contributed by atoms with Gasteiger partial charge in [-0.2, -0.15) is 0 Å². The molecule has 0 bridgehead atoms. The Labute approximate surface area is 181 Å². The first kappa shape index (κ1) is 20.8. The second kappa shape index (κ2) is 9.16. The molecule has 8 heteroatoms. The minimum atomic E-state index is -0.804. The molecule has 2 aliphatic rings. The summed E-state index contributed by atoms with van der Waals surface area (Å²) in [5.74, 6) is 0.0757. The number of nitrogens with zero attached hydrogens (tertiary/aromatic N) is 2. The molecule has 1 aliphatic heterocycles. The highest BCUT2D eigenvalue weighted by Gasteiger charge is 2.51. The smallest absolute Gasteiger partial charge is 0.325 e. The van der Waals surface area contributed by atoms with E-state index < -0.39 is 11.6 Å². The fourth-order valence-electron chi connectivity index (χ4n) is 4.07. The molecule has 2 aromatic rings. The average molecular weight is 422 g/mol. The van der Waals surface area contributed by atoms with Crippen LogP contribution in [0.4, 0.5) is 4.79 Å². The molecule has 2 fully saturated rings. The minimum absolute atomic E-state index is 0.265. The zero-order chi connectivity index (χ0) is 21.7. The summed E-state index contributed by atoms with van der Waals surface area (Å²) in [6, 6.07) is 10.7. The van der Waals surface area contributed by atoms with Crippen molar-refractivity contribution < 1.29 is 19.1 Å². The first-order valence-electron chi connectivity index (χ1n) is 10.6. The van der Waals surface area contributed by atoms with E-state index in [4.69, 9.17) is 4.74 Å². The van der Waals surface area contributed by atoms with Gasteiger partial charge in [-0.05, 0) is 36.6 Å². The number of amides is 4. The van der Waals surface area contributed by atoms with Crippen molar-refractivity contribution in [1.29, 1.82) is 0 Å². The van der Waals surface area contributed by atoms with E-state index in [0.717, 1.165) is 41.0 Å². The Morgan fingerprint density at radius 3 is 2.58 bits per heavy atom. The summed E-state index contributed by atoms with van der Waals surface area (Å²) in [4.78, 5) is 42.5. The van der Waals surface area contributed by atoms with Gasteiger partial charge in [0.15, 0.2) is 0 Å². The van der Waals surface area contributed by atoms with Crippen molar-refractivity contribution in [2.45, 2.75) is 50.8 Å². The lowest BCUT2D eigenvalue weighted by molar-refractivity contribution is -0.135. The second-order valence-corrected chi connectivity index (χ2v) is 8.03. The maximum absolute atomic E-state index is 12.7. The molecule has 8 nitrogen and oxygen atoms in total. The van der Waals surface area contributed by atoms with E-state index in [9.17, 15) is 14.4 Å². The largest absolute Gasteiger partial charge is 0.489 e. The summed E-state index contributed by atoms with van der Waals surface area (Å²) in [5.41, 5.74) is 1.07. The fraction of sp³-hybridized carbons (Fsp3) is 0.391. The molecule has 1 saturated carbocycles. The first-order valence-corrected chi connectivity index (χ1v) is 10.6. The second-order valence-electron chi connectivity index (χ2n) is 8.03. The van der Waals surface area contributed by atoms with Crippen LogP contribution in [-0.2, 0) is 22.7 Å². The van der Waals surface area contributed by atoms with Crippen molar-refractivity contribution >= 4 is 17.8 Å². The van der Waals surface area contributed by atoms with Gasteiger partial charge in [0.25, 0.3) is 5.91 Å². The molecular weight excluding hydrogens is 396 g/mol. The number of aromatic nitrogens is 1. The molecule has 4 amide bonds. The van der Waals surface area contributed by atoms with Crippen molar-refractivity contribution in [3.05, 3.63) is 59.9 Å². The summed E-state index contributed by atoms with van der Waals surface area (Å²) < 4.78 is 5.72. The van der Waals surface area contributed by atoms with E-state index in [-0.39, 0.29) is 18.4 Å². The third kappa shape index (κ3) is 4.84. The van der Waals surface area contributed by atoms with Crippen LogP contribution < -0.4 is 15.4 Å². The van der Waals surface area contributed by atoms with Crippen LogP contribution in [0, 0.1) is 0 Å². The number of hydrogen-bond donors (Lipinski definition) is 2. The predicted molar refractivity (Wildman–Crippen MR) is 113 cm³/mol. The highest BCUT2D eigenvalue weighted by Crippen LogP contribution is 2.33. The fourth-order valence-corrected chi connectivity index (χ4v) is 4.07. The maximum atomic E-state index is 12.7. The van der Waals surface area contributed by atoms with Crippen LogP contribution in [0.25, 0.3) is 0 Å². The number of pyridine rings is 1. The van der Waals surface area contributed by atoms with Gasteiger partial charge in [0.2, 0.25) is 5.91 Å². The lowest BCUT2D eigenvalue weighted by atomic mass is 9.82. The van der Waals surface area contributed by atoms with Gasteiger partial charge in [0.05, 0.1) is 0 Å². The number of benzene rings is 1. The predicted octanol–water partition coefficient (Wildman–Crippen LogP) is 2.53. The molecule has 2 heterocycles. The molecule has 0 atom stereocenters. The number of carbonyl (C=O) groups excluding carboxylic acids is 3.